The van der Waals surface area contributed by atoms with Crippen LogP contribution >= 0.6 is 22.6 Å². The van der Waals surface area contributed by atoms with Crippen LogP contribution in [0.4, 0.5) is 0 Å². The smallest absolute Gasteiger partial charge is 0.657 e. The fraction of sp³-hybridized carbons (Fsp3) is 0.353. The van der Waals surface area contributed by atoms with Crippen molar-refractivity contribution in [1.29, 1.82) is 0 Å². The van der Waals surface area contributed by atoms with Gasteiger partial charge in [0.15, 0.2) is 0 Å². The summed E-state index contributed by atoms with van der Waals surface area (Å²) < 4.78 is 1.11. The number of halogens is 1. The molecule has 8 heteroatoms. The zero-order chi connectivity index (χ0) is 54.7. The van der Waals surface area contributed by atoms with E-state index >= 15 is 9.59 Å². The molecule has 0 spiro atoms. The predicted molar refractivity (Wildman–Crippen MR) is 323 cm³/mol. The van der Waals surface area contributed by atoms with E-state index in [0.717, 1.165) is 70.6 Å². The zero-order valence-electron chi connectivity index (χ0n) is 47.8. The maximum absolute atomic E-state index is 15.4. The Morgan fingerprint density at radius 3 is 0.895 bits per heavy atom. The summed E-state index contributed by atoms with van der Waals surface area (Å²) in [6, 6.07) is 36.5. The first-order valence-corrected chi connectivity index (χ1v) is 27.5. The van der Waals surface area contributed by atoms with Crippen LogP contribution < -0.4 is 9.97 Å². The molecule has 2 aliphatic heterocycles. The minimum Gasteiger partial charge on any atom is -0.657 e. The molecule has 5 heterocycles. The van der Waals surface area contributed by atoms with Gasteiger partial charge in [0, 0.05) is 3.57 Å². The average Bonchev–Trinajstić information content (AvgIpc) is 4.14. The van der Waals surface area contributed by atoms with Gasteiger partial charge in [-0.25, -0.2) is 9.97 Å². The number of hydrogen-bond donors (Lipinski definition) is 0. The van der Waals surface area contributed by atoms with Crippen molar-refractivity contribution in [3.8, 4) is 44.5 Å². The summed E-state index contributed by atoms with van der Waals surface area (Å²) >= 11 is 2.34. The van der Waals surface area contributed by atoms with Crippen molar-refractivity contribution in [2.75, 3.05) is 0 Å². The number of ketones is 2. The monoisotopic (exact) mass is 1170 g/mol. The van der Waals surface area contributed by atoms with E-state index in [1.165, 1.54) is 11.1 Å². The van der Waals surface area contributed by atoms with Crippen molar-refractivity contribution in [2.45, 2.75) is 157 Å². The van der Waals surface area contributed by atoms with E-state index in [2.05, 4.69) is 238 Å². The molecule has 9 rings (SSSR count). The van der Waals surface area contributed by atoms with Crippen LogP contribution in [0.2, 0.25) is 0 Å². The minimum atomic E-state index is -0.677. The molecule has 0 saturated heterocycles. The van der Waals surface area contributed by atoms with Gasteiger partial charge in [-0.1, -0.05) is 216 Å². The van der Waals surface area contributed by atoms with Crippen LogP contribution in [0.5, 0.6) is 0 Å². The second kappa shape index (κ2) is 19.7. The van der Waals surface area contributed by atoms with Gasteiger partial charge in [0.05, 0.1) is 11.4 Å². The quantitative estimate of drug-likeness (QED) is 0.0991. The second-order valence-corrected chi connectivity index (χ2v) is 28.3. The van der Waals surface area contributed by atoms with Crippen LogP contribution in [0, 0.1) is 3.57 Å². The third-order valence-electron chi connectivity index (χ3n) is 14.8. The van der Waals surface area contributed by atoms with Crippen molar-refractivity contribution < 1.29 is 26.7 Å². The molecule has 0 unspecified atom stereocenters. The second-order valence-electron chi connectivity index (χ2n) is 27.0. The van der Waals surface area contributed by atoms with E-state index in [4.69, 9.17) is 19.9 Å². The molecule has 0 atom stereocenters. The Morgan fingerprint density at radius 2 is 0.605 bits per heavy atom. The molecule has 2 aliphatic rings. The molecule has 7 aromatic rings. The molecule has 1 radical (unpaired) electrons. The van der Waals surface area contributed by atoms with Gasteiger partial charge in [0.1, 0.15) is 11.4 Å². The van der Waals surface area contributed by atoms with Gasteiger partial charge >= 0.3 is 17.1 Å². The number of carbonyl (C=O) groups is 2. The summed E-state index contributed by atoms with van der Waals surface area (Å²) in [6.45, 7) is 39.9. The normalized spacial score (nSPS) is 13.6. The number of rotatable bonds is 4. The predicted octanol–water partition coefficient (Wildman–Crippen LogP) is 17.9. The SMILES string of the molecule is CC(C)(C)c1cc(-c2c3nc(c(-c4ccc(I)cc4)c4ccc([n-]4)c(-c4cc(C(C)(C)C)cc(C(C)(C)C)c4)c4nc(c(-c5cc(C(C)(C)C)cc(C(C)(C)C)c5)c5ccc2[n-]5)C(=O)C4=O)C=C3)cc(C(C)(C)C)c1.[Cu+2]. The van der Waals surface area contributed by atoms with E-state index < -0.39 is 11.6 Å². The van der Waals surface area contributed by atoms with Crippen molar-refractivity contribution in [3.63, 3.8) is 0 Å². The van der Waals surface area contributed by atoms with E-state index in [1.54, 1.807) is 0 Å². The summed E-state index contributed by atoms with van der Waals surface area (Å²) in [5.74, 6) is -1.35. The Labute approximate surface area is 476 Å². The van der Waals surface area contributed by atoms with E-state index in [9.17, 15) is 0 Å². The summed E-state index contributed by atoms with van der Waals surface area (Å²) in [5.41, 5.74) is 15.8. The van der Waals surface area contributed by atoms with Crippen LogP contribution in [0.25, 0.3) is 78.7 Å². The number of fused-ring (bicyclic) bond motifs is 8. The fourth-order valence-corrected chi connectivity index (χ4v) is 10.2. The molecule has 76 heavy (non-hydrogen) atoms. The first-order valence-electron chi connectivity index (χ1n) is 26.4. The van der Waals surface area contributed by atoms with Crippen molar-refractivity contribution in [2.24, 2.45) is 0 Å². The molecule has 0 aliphatic carbocycles. The number of hydrogen-bond acceptors (Lipinski definition) is 4. The Morgan fingerprint density at radius 1 is 0.342 bits per heavy atom. The number of nitrogens with zero attached hydrogens (tertiary/aromatic N) is 4. The fourth-order valence-electron chi connectivity index (χ4n) is 9.89. The van der Waals surface area contributed by atoms with Crippen LogP contribution in [-0.4, -0.2) is 21.5 Å². The van der Waals surface area contributed by atoms with Crippen LogP contribution in [-0.2, 0) is 49.6 Å². The number of carbonyl (C=O) groups excluding carboxylic acids is 2. The molecule has 8 bridgehead atoms. The van der Waals surface area contributed by atoms with Crippen LogP contribution in [0.15, 0.2) is 103 Å². The van der Waals surface area contributed by atoms with E-state index in [-0.39, 0.29) is 60.9 Å². The van der Waals surface area contributed by atoms with Gasteiger partial charge in [0.25, 0.3) is 11.6 Å². The first-order chi connectivity index (χ1) is 34.7. The topological polar surface area (TPSA) is 88.1 Å². The molecule has 395 valence electrons. The average molecular weight is 1170 g/mol. The largest absolute Gasteiger partial charge is 2.00 e. The van der Waals surface area contributed by atoms with Crippen LogP contribution in [0.1, 0.15) is 190 Å². The maximum Gasteiger partial charge on any atom is 2.00 e. The van der Waals surface area contributed by atoms with Crippen molar-refractivity contribution in [3.05, 3.63) is 163 Å². The zero-order valence-corrected chi connectivity index (χ0v) is 50.9. The molecule has 6 nitrogen and oxygen atoms in total. The van der Waals surface area contributed by atoms with Gasteiger partial charge in [-0.05, 0) is 157 Å². The molecule has 0 amide bonds. The van der Waals surface area contributed by atoms with Crippen molar-refractivity contribution in [1.82, 2.24) is 19.9 Å². The maximum atomic E-state index is 15.4. The number of aromatic nitrogens is 4. The molecule has 4 aromatic carbocycles. The van der Waals surface area contributed by atoms with Gasteiger partial charge in [0.2, 0.25) is 0 Å². The van der Waals surface area contributed by atoms with Crippen molar-refractivity contribution >= 4 is 68.4 Å². The van der Waals surface area contributed by atoms with E-state index in [0.29, 0.717) is 33.2 Å². The number of Topliss-reactive ketones (excluding diaryl/α,β-unsaturated/α-hetero) is 2. The molecule has 0 N–H and O–H groups in total. The molecule has 0 saturated carbocycles. The third-order valence-corrected chi connectivity index (χ3v) is 15.5. The number of benzene rings is 4. The molecule has 3 aromatic heterocycles. The van der Waals surface area contributed by atoms with Crippen LogP contribution in [0.3, 0.4) is 0 Å². The summed E-state index contributed by atoms with van der Waals surface area (Å²) in [6.07, 6.45) is 4.20. The standard InChI is InChI=1S/C68H75IN4O2.Cu/c1-63(2,3)42-29-39(30-43(35-42)64(4,5)6)56-51-24-23-49(70-51)55(38-19-21-48(69)22-20-38)50-25-27-53(71-50)57(40-31-44(65(7,8)9)36-45(32-40)66(10,11)12)59-61(74)62(75)60(73-59)58(54-28-26-52(56)72-54)41-33-46(67(13,14)15)37-47(34-41)68(16,17)18;/h19-37H,1-18H3,(H2,70,71,72,73,74,75);/q;+2/p-2. The van der Waals surface area contributed by atoms with E-state index in [1.807, 2.05) is 24.3 Å². The third kappa shape index (κ3) is 11.1. The molecular weight excluding hydrogens is 1100 g/mol. The molecular formula is C68H73CuIN4O2. The molecule has 0 fully saturated rings. The summed E-state index contributed by atoms with van der Waals surface area (Å²) in [7, 11) is 0. The van der Waals surface area contributed by atoms with Gasteiger partial charge in [-0.3, -0.25) is 9.59 Å². The van der Waals surface area contributed by atoms with Gasteiger partial charge < -0.3 is 9.97 Å². The Bertz CT molecular complexity index is 3600. The first kappa shape index (κ1) is 56.5. The summed E-state index contributed by atoms with van der Waals surface area (Å²) in [5, 5.41) is 0. The van der Waals surface area contributed by atoms with Gasteiger partial charge in [-0.15, -0.1) is 22.1 Å². The Hall–Kier alpha value is -5.67. The Balaban J connectivity index is 0.00000765. The van der Waals surface area contributed by atoms with Gasteiger partial charge in [-0.2, -0.15) is 0 Å². The minimum absolute atomic E-state index is 0. The summed E-state index contributed by atoms with van der Waals surface area (Å²) in [4.78, 5) is 52.8. The Kier molecular flexibility index (Phi) is 14.6.